The number of nitriles is 1. The molecule has 1 atom stereocenters. The molecule has 1 N–H and O–H groups in total. The number of hydrogen-bond donors (Lipinski definition) is 1. The second-order valence-electron chi connectivity index (χ2n) is 5.79. The molecule has 0 spiro atoms. The van der Waals surface area contributed by atoms with Crippen molar-refractivity contribution in [2.24, 2.45) is 0 Å². The number of aryl methyl sites for hydroxylation is 2. The summed E-state index contributed by atoms with van der Waals surface area (Å²) >= 11 is 0. The molecule has 1 saturated heterocycles. The number of amides is 1. The van der Waals surface area contributed by atoms with Crippen LogP contribution in [0.25, 0.3) is 0 Å². The van der Waals surface area contributed by atoms with Crippen LogP contribution >= 0.6 is 0 Å². The Balaban J connectivity index is 1.55. The molecule has 1 aliphatic rings. The van der Waals surface area contributed by atoms with Gasteiger partial charge in [0, 0.05) is 13.0 Å². The van der Waals surface area contributed by atoms with Gasteiger partial charge in [-0.1, -0.05) is 12.1 Å². The Morgan fingerprint density at radius 3 is 2.92 bits per heavy atom. The summed E-state index contributed by atoms with van der Waals surface area (Å²) in [6, 6.07) is 9.42. The van der Waals surface area contributed by atoms with Gasteiger partial charge < -0.3 is 9.64 Å². The van der Waals surface area contributed by atoms with Crippen molar-refractivity contribution in [1.82, 2.24) is 20.1 Å². The third-order valence-electron chi connectivity index (χ3n) is 4.03. The van der Waals surface area contributed by atoms with E-state index in [1.165, 1.54) is 0 Å². The predicted octanol–water partition coefficient (Wildman–Crippen LogP) is 1.52. The molecule has 2 aromatic rings. The Morgan fingerprint density at radius 2 is 2.25 bits per heavy atom. The van der Waals surface area contributed by atoms with Gasteiger partial charge in [0.1, 0.15) is 11.9 Å². The van der Waals surface area contributed by atoms with Crippen molar-refractivity contribution in [3.63, 3.8) is 0 Å². The molecule has 3 rings (SSSR count). The number of morpholine rings is 1. The molecule has 1 aromatic carbocycles. The van der Waals surface area contributed by atoms with Crippen molar-refractivity contribution in [1.29, 1.82) is 5.26 Å². The zero-order valence-corrected chi connectivity index (χ0v) is 13.5. The molecule has 1 aromatic heterocycles. The fourth-order valence-corrected chi connectivity index (χ4v) is 2.69. The third-order valence-corrected chi connectivity index (χ3v) is 4.03. The van der Waals surface area contributed by atoms with Crippen molar-refractivity contribution in [3.05, 3.63) is 47.0 Å². The largest absolute Gasteiger partial charge is 0.366 e. The number of nitrogens with zero attached hydrogens (tertiary/aromatic N) is 4. The van der Waals surface area contributed by atoms with E-state index in [-0.39, 0.29) is 12.0 Å². The summed E-state index contributed by atoms with van der Waals surface area (Å²) < 4.78 is 5.68. The molecule has 0 saturated carbocycles. The van der Waals surface area contributed by atoms with Crippen LogP contribution in [0, 0.1) is 18.3 Å². The highest BCUT2D eigenvalue weighted by Gasteiger charge is 2.27. The summed E-state index contributed by atoms with van der Waals surface area (Å²) in [7, 11) is 0. The van der Waals surface area contributed by atoms with Crippen molar-refractivity contribution < 1.29 is 9.53 Å². The van der Waals surface area contributed by atoms with E-state index < -0.39 is 0 Å². The first-order chi connectivity index (χ1) is 11.7. The van der Waals surface area contributed by atoms with Gasteiger partial charge >= 0.3 is 0 Å². The molecule has 1 amide bonds. The van der Waals surface area contributed by atoms with Crippen LogP contribution in [-0.2, 0) is 16.0 Å². The highest BCUT2D eigenvalue weighted by molar-refractivity contribution is 5.76. The Morgan fingerprint density at radius 1 is 1.46 bits per heavy atom. The molecule has 124 valence electrons. The third kappa shape index (κ3) is 3.78. The number of rotatable bonds is 4. The van der Waals surface area contributed by atoms with E-state index in [1.807, 2.05) is 24.0 Å². The van der Waals surface area contributed by atoms with E-state index in [0.29, 0.717) is 43.9 Å². The van der Waals surface area contributed by atoms with E-state index in [4.69, 9.17) is 10.00 Å². The van der Waals surface area contributed by atoms with Crippen LogP contribution in [0.5, 0.6) is 0 Å². The SMILES string of the molecule is Cc1nc([C@H]2CN(C(=O)CCc3ccc(C#N)cc3)CCO2)n[nH]1. The van der Waals surface area contributed by atoms with Crippen LogP contribution in [0.2, 0.25) is 0 Å². The number of aromatic amines is 1. The van der Waals surface area contributed by atoms with Gasteiger partial charge in [-0.2, -0.15) is 10.4 Å². The number of aromatic nitrogens is 3. The summed E-state index contributed by atoms with van der Waals surface area (Å²) in [5.41, 5.74) is 1.68. The Labute approximate surface area is 140 Å². The molecular weight excluding hydrogens is 306 g/mol. The number of nitrogens with one attached hydrogen (secondary N) is 1. The molecule has 0 aliphatic carbocycles. The topological polar surface area (TPSA) is 94.9 Å². The van der Waals surface area contributed by atoms with Crippen LogP contribution in [0.1, 0.15) is 35.3 Å². The first-order valence-electron chi connectivity index (χ1n) is 7.93. The van der Waals surface area contributed by atoms with Gasteiger partial charge in [-0.3, -0.25) is 9.89 Å². The van der Waals surface area contributed by atoms with Gasteiger partial charge in [0.2, 0.25) is 5.91 Å². The Hall–Kier alpha value is -2.72. The fraction of sp³-hybridized carbons (Fsp3) is 0.412. The molecule has 0 unspecified atom stereocenters. The van der Waals surface area contributed by atoms with Gasteiger partial charge in [-0.15, -0.1) is 0 Å². The van der Waals surface area contributed by atoms with Gasteiger partial charge in [-0.05, 0) is 31.0 Å². The monoisotopic (exact) mass is 325 g/mol. The van der Waals surface area contributed by atoms with Crippen LogP contribution in [0.3, 0.4) is 0 Å². The van der Waals surface area contributed by atoms with Crippen LogP contribution < -0.4 is 0 Å². The first-order valence-corrected chi connectivity index (χ1v) is 7.93. The van der Waals surface area contributed by atoms with E-state index in [0.717, 1.165) is 11.4 Å². The quantitative estimate of drug-likeness (QED) is 0.919. The lowest BCUT2D eigenvalue weighted by atomic mass is 10.1. The van der Waals surface area contributed by atoms with Crippen molar-refractivity contribution in [2.45, 2.75) is 25.9 Å². The second kappa shape index (κ2) is 7.23. The van der Waals surface area contributed by atoms with E-state index in [9.17, 15) is 4.79 Å². The lowest BCUT2D eigenvalue weighted by Gasteiger charge is -2.31. The fourth-order valence-electron chi connectivity index (χ4n) is 2.69. The molecular formula is C17H19N5O2. The summed E-state index contributed by atoms with van der Waals surface area (Å²) in [6.07, 6.45) is 0.820. The lowest BCUT2D eigenvalue weighted by molar-refractivity contribution is -0.139. The number of hydrogen-bond acceptors (Lipinski definition) is 5. The Kier molecular flexibility index (Phi) is 4.87. The highest BCUT2D eigenvalue weighted by Crippen LogP contribution is 2.20. The van der Waals surface area contributed by atoms with Crippen LogP contribution in [0.15, 0.2) is 24.3 Å². The van der Waals surface area contributed by atoms with Crippen molar-refractivity contribution in [3.8, 4) is 6.07 Å². The number of H-pyrrole nitrogens is 1. The molecule has 0 bridgehead atoms. The Bertz CT molecular complexity index is 747. The number of carbonyl (C=O) groups is 1. The maximum Gasteiger partial charge on any atom is 0.223 e. The minimum absolute atomic E-state index is 0.0971. The summed E-state index contributed by atoms with van der Waals surface area (Å²) in [4.78, 5) is 18.5. The summed E-state index contributed by atoms with van der Waals surface area (Å²) in [5, 5.41) is 15.7. The van der Waals surface area contributed by atoms with Gasteiger partial charge in [0.05, 0.1) is 24.8 Å². The lowest BCUT2D eigenvalue weighted by Crippen LogP contribution is -2.42. The van der Waals surface area contributed by atoms with Gasteiger partial charge in [0.25, 0.3) is 0 Å². The minimum atomic E-state index is -0.275. The van der Waals surface area contributed by atoms with Gasteiger partial charge in [-0.25, -0.2) is 4.98 Å². The second-order valence-corrected chi connectivity index (χ2v) is 5.79. The molecule has 24 heavy (non-hydrogen) atoms. The zero-order chi connectivity index (χ0) is 16.9. The van der Waals surface area contributed by atoms with Gasteiger partial charge in [0.15, 0.2) is 5.82 Å². The molecule has 1 fully saturated rings. The van der Waals surface area contributed by atoms with Crippen molar-refractivity contribution >= 4 is 5.91 Å². The number of benzene rings is 1. The predicted molar refractivity (Wildman–Crippen MR) is 85.9 cm³/mol. The normalized spacial score (nSPS) is 17.5. The average molecular weight is 325 g/mol. The summed E-state index contributed by atoms with van der Waals surface area (Å²) in [6.45, 7) is 3.39. The van der Waals surface area contributed by atoms with Crippen molar-refractivity contribution in [2.75, 3.05) is 19.7 Å². The van der Waals surface area contributed by atoms with E-state index in [2.05, 4.69) is 21.3 Å². The molecule has 7 heteroatoms. The zero-order valence-electron chi connectivity index (χ0n) is 13.5. The maximum absolute atomic E-state index is 12.4. The van der Waals surface area contributed by atoms with E-state index in [1.54, 1.807) is 12.1 Å². The highest BCUT2D eigenvalue weighted by atomic mass is 16.5. The summed E-state index contributed by atoms with van der Waals surface area (Å²) in [5.74, 6) is 1.43. The smallest absolute Gasteiger partial charge is 0.223 e. The average Bonchev–Trinajstić information content (AvgIpc) is 3.06. The van der Waals surface area contributed by atoms with E-state index >= 15 is 0 Å². The molecule has 7 nitrogen and oxygen atoms in total. The molecule has 1 aliphatic heterocycles. The van der Waals surface area contributed by atoms with Crippen LogP contribution in [-0.4, -0.2) is 45.7 Å². The maximum atomic E-state index is 12.4. The number of ether oxygens (including phenoxy) is 1. The first kappa shape index (κ1) is 16.1. The number of carbonyl (C=O) groups excluding carboxylic acids is 1. The minimum Gasteiger partial charge on any atom is -0.366 e. The molecule has 2 heterocycles. The molecule has 0 radical (unpaired) electrons. The van der Waals surface area contributed by atoms with Crippen LogP contribution in [0.4, 0.5) is 0 Å². The standard InChI is InChI=1S/C17H19N5O2/c1-12-19-17(21-20-12)15-11-22(8-9-24-15)16(23)7-6-13-2-4-14(10-18)5-3-13/h2-5,15H,6-9,11H2,1H3,(H,19,20,21)/t15-/m1/s1.